The summed E-state index contributed by atoms with van der Waals surface area (Å²) in [7, 11) is 3.34. The average Bonchev–Trinajstić information content (AvgIpc) is 2.34. The molecule has 0 aromatic heterocycles. The Balaban J connectivity index is 3.37. The van der Waals surface area contributed by atoms with Gasteiger partial charge in [-0.1, -0.05) is 13.8 Å². The third kappa shape index (κ3) is 3.18. The summed E-state index contributed by atoms with van der Waals surface area (Å²) in [6.45, 7) is 5.03. The summed E-state index contributed by atoms with van der Waals surface area (Å²) in [5.74, 6) is 1.97. The minimum absolute atomic E-state index is 0.384. The number of hydrogen-bond acceptors (Lipinski definition) is 3. The Morgan fingerprint density at radius 3 is 2.28 bits per heavy atom. The topological polar surface area (TPSA) is 44.5 Å². The van der Waals surface area contributed by atoms with E-state index >= 15 is 0 Å². The Morgan fingerprint density at radius 2 is 1.83 bits per heavy atom. The molecule has 18 heavy (non-hydrogen) atoms. The van der Waals surface area contributed by atoms with Crippen molar-refractivity contribution in [2.24, 2.45) is 5.73 Å². The van der Waals surface area contributed by atoms with E-state index in [2.05, 4.69) is 35.8 Å². The van der Waals surface area contributed by atoms with Gasteiger partial charge in [-0.25, -0.2) is 0 Å². The van der Waals surface area contributed by atoms with Crippen LogP contribution in [0.4, 0.5) is 0 Å². The van der Waals surface area contributed by atoms with Crippen LogP contribution < -0.4 is 15.2 Å². The van der Waals surface area contributed by atoms with Crippen LogP contribution in [0.5, 0.6) is 11.5 Å². The molecule has 1 aromatic rings. The number of halogens is 1. The zero-order valence-corrected chi connectivity index (χ0v) is 13.1. The molecule has 0 bridgehead atoms. The zero-order valence-electron chi connectivity index (χ0n) is 11.5. The van der Waals surface area contributed by atoms with Crippen molar-refractivity contribution in [3.8, 4) is 11.5 Å². The van der Waals surface area contributed by atoms with E-state index in [1.807, 2.05) is 0 Å². The minimum atomic E-state index is 0.384. The highest BCUT2D eigenvalue weighted by Gasteiger charge is 2.20. The van der Waals surface area contributed by atoms with Gasteiger partial charge in [0.25, 0.3) is 0 Å². The molecule has 0 fully saturated rings. The molecule has 0 saturated carbocycles. The van der Waals surface area contributed by atoms with Gasteiger partial charge < -0.3 is 15.2 Å². The highest BCUT2D eigenvalue weighted by molar-refractivity contribution is 9.10. The van der Waals surface area contributed by atoms with Crippen molar-refractivity contribution in [3.05, 3.63) is 21.7 Å². The van der Waals surface area contributed by atoms with Gasteiger partial charge in [-0.15, -0.1) is 0 Å². The molecule has 0 aliphatic carbocycles. The van der Waals surface area contributed by atoms with Gasteiger partial charge in [-0.2, -0.15) is 0 Å². The molecule has 0 aliphatic rings. The molecule has 0 spiro atoms. The SMILES string of the molecule is COc1c(Br)cc(CCCN)c(C(C)C)c1OC. The van der Waals surface area contributed by atoms with Gasteiger partial charge in [0.05, 0.1) is 18.7 Å². The number of aryl methyl sites for hydroxylation is 1. The second-order valence-corrected chi connectivity index (χ2v) is 5.40. The van der Waals surface area contributed by atoms with E-state index in [0.29, 0.717) is 12.5 Å². The number of methoxy groups -OCH3 is 2. The molecule has 0 unspecified atom stereocenters. The van der Waals surface area contributed by atoms with Crippen LogP contribution in [0.25, 0.3) is 0 Å². The van der Waals surface area contributed by atoms with Gasteiger partial charge in [0.2, 0.25) is 0 Å². The van der Waals surface area contributed by atoms with E-state index in [1.165, 1.54) is 11.1 Å². The van der Waals surface area contributed by atoms with Crippen LogP contribution in [-0.2, 0) is 6.42 Å². The van der Waals surface area contributed by atoms with E-state index in [4.69, 9.17) is 15.2 Å². The van der Waals surface area contributed by atoms with Crippen molar-refractivity contribution in [1.29, 1.82) is 0 Å². The van der Waals surface area contributed by atoms with Gasteiger partial charge in [-0.05, 0) is 52.9 Å². The van der Waals surface area contributed by atoms with E-state index in [-0.39, 0.29) is 0 Å². The lowest BCUT2D eigenvalue weighted by molar-refractivity contribution is 0.348. The number of benzene rings is 1. The first kappa shape index (κ1) is 15.3. The van der Waals surface area contributed by atoms with Crippen molar-refractivity contribution in [3.63, 3.8) is 0 Å². The maximum absolute atomic E-state index is 5.60. The predicted molar refractivity (Wildman–Crippen MR) is 78.7 cm³/mol. The van der Waals surface area contributed by atoms with Gasteiger partial charge in [0.15, 0.2) is 11.5 Å². The van der Waals surface area contributed by atoms with Crippen molar-refractivity contribution in [2.75, 3.05) is 20.8 Å². The van der Waals surface area contributed by atoms with Crippen LogP contribution >= 0.6 is 15.9 Å². The number of nitrogens with two attached hydrogens (primary N) is 1. The Bertz CT molecular complexity index is 405. The summed E-state index contributed by atoms with van der Waals surface area (Å²) in [6, 6.07) is 2.12. The fourth-order valence-electron chi connectivity index (χ4n) is 2.20. The summed E-state index contributed by atoms with van der Waals surface area (Å²) in [5, 5.41) is 0. The number of hydrogen-bond donors (Lipinski definition) is 1. The van der Waals surface area contributed by atoms with Crippen LogP contribution in [-0.4, -0.2) is 20.8 Å². The lowest BCUT2D eigenvalue weighted by Gasteiger charge is -2.20. The maximum atomic E-state index is 5.60. The first-order chi connectivity index (χ1) is 8.56. The van der Waals surface area contributed by atoms with Gasteiger partial charge >= 0.3 is 0 Å². The predicted octanol–water partition coefficient (Wildman–Crippen LogP) is 3.48. The fourth-order valence-corrected chi connectivity index (χ4v) is 2.82. The van der Waals surface area contributed by atoms with Crippen LogP contribution in [0.2, 0.25) is 0 Å². The van der Waals surface area contributed by atoms with Gasteiger partial charge in [-0.3, -0.25) is 0 Å². The van der Waals surface area contributed by atoms with Crippen molar-refractivity contribution in [2.45, 2.75) is 32.6 Å². The number of ether oxygens (including phenoxy) is 2. The molecule has 0 atom stereocenters. The summed E-state index contributed by atoms with van der Waals surface area (Å²) in [4.78, 5) is 0. The largest absolute Gasteiger partial charge is 0.493 e. The fraction of sp³-hybridized carbons (Fsp3) is 0.571. The second-order valence-electron chi connectivity index (χ2n) is 4.54. The Labute approximate surface area is 118 Å². The minimum Gasteiger partial charge on any atom is -0.493 e. The van der Waals surface area contributed by atoms with E-state index < -0.39 is 0 Å². The molecule has 102 valence electrons. The molecule has 2 N–H and O–H groups in total. The van der Waals surface area contributed by atoms with E-state index in [9.17, 15) is 0 Å². The lowest BCUT2D eigenvalue weighted by atomic mass is 9.93. The van der Waals surface area contributed by atoms with E-state index in [1.54, 1.807) is 14.2 Å². The van der Waals surface area contributed by atoms with E-state index in [0.717, 1.165) is 28.8 Å². The maximum Gasteiger partial charge on any atom is 0.175 e. The summed E-state index contributed by atoms with van der Waals surface area (Å²) < 4.78 is 11.9. The quantitative estimate of drug-likeness (QED) is 0.874. The normalized spacial score (nSPS) is 10.8. The van der Waals surface area contributed by atoms with Crippen LogP contribution in [0.15, 0.2) is 10.5 Å². The molecule has 3 nitrogen and oxygen atoms in total. The smallest absolute Gasteiger partial charge is 0.175 e. The molecule has 1 rings (SSSR count). The molecule has 1 aromatic carbocycles. The molecule has 0 radical (unpaired) electrons. The van der Waals surface area contributed by atoms with Crippen LogP contribution in [0, 0.1) is 0 Å². The van der Waals surface area contributed by atoms with Crippen molar-refractivity contribution >= 4 is 15.9 Å². The molecular weight excluding hydrogens is 294 g/mol. The highest BCUT2D eigenvalue weighted by Crippen LogP contribution is 2.43. The molecule has 0 heterocycles. The van der Waals surface area contributed by atoms with Crippen LogP contribution in [0.3, 0.4) is 0 Å². The Morgan fingerprint density at radius 1 is 1.22 bits per heavy atom. The standard InChI is InChI=1S/C14H22BrNO2/c1-9(2)12-10(6-5-7-16)8-11(15)13(17-3)14(12)18-4/h8-9H,5-7,16H2,1-4H3. The summed E-state index contributed by atoms with van der Waals surface area (Å²) >= 11 is 3.54. The second kappa shape index (κ2) is 7.00. The zero-order chi connectivity index (χ0) is 13.7. The van der Waals surface area contributed by atoms with Crippen molar-refractivity contribution in [1.82, 2.24) is 0 Å². The first-order valence-corrected chi connectivity index (χ1v) is 6.99. The molecule has 0 amide bonds. The third-order valence-corrected chi connectivity index (χ3v) is 3.54. The van der Waals surface area contributed by atoms with Crippen molar-refractivity contribution < 1.29 is 9.47 Å². The summed E-state index contributed by atoms with van der Waals surface area (Å²) in [5.41, 5.74) is 8.09. The molecule has 4 heteroatoms. The number of rotatable bonds is 6. The van der Waals surface area contributed by atoms with Crippen LogP contribution in [0.1, 0.15) is 37.3 Å². The Kier molecular flexibility index (Phi) is 5.96. The lowest BCUT2D eigenvalue weighted by Crippen LogP contribution is -2.06. The molecule has 0 saturated heterocycles. The third-order valence-electron chi connectivity index (χ3n) is 2.95. The molecular formula is C14H22BrNO2. The monoisotopic (exact) mass is 315 g/mol. The first-order valence-electron chi connectivity index (χ1n) is 6.20. The highest BCUT2D eigenvalue weighted by atomic mass is 79.9. The summed E-state index contributed by atoms with van der Waals surface area (Å²) in [6.07, 6.45) is 1.94. The molecule has 0 aliphatic heterocycles. The Hall–Kier alpha value is -0.740. The average molecular weight is 316 g/mol. The van der Waals surface area contributed by atoms with Gasteiger partial charge in [0.1, 0.15) is 0 Å². The van der Waals surface area contributed by atoms with Gasteiger partial charge in [0, 0.05) is 5.56 Å².